The lowest BCUT2D eigenvalue weighted by Crippen LogP contribution is -2.11. The zero-order chi connectivity index (χ0) is 22.5. The molecule has 0 aliphatic rings. The summed E-state index contributed by atoms with van der Waals surface area (Å²) in [4.78, 5) is 12.5. The molecule has 0 saturated heterocycles. The van der Waals surface area contributed by atoms with Gasteiger partial charge in [-0.05, 0) is 48.0 Å². The minimum atomic E-state index is -2.89. The molecule has 4 rings (SSSR count). The first-order valence-corrected chi connectivity index (χ1v) is 9.57. The molecule has 0 aliphatic heterocycles. The van der Waals surface area contributed by atoms with Gasteiger partial charge in [-0.1, -0.05) is 12.1 Å². The number of hydrogen-bond acceptors (Lipinski definition) is 5. The summed E-state index contributed by atoms with van der Waals surface area (Å²) in [5, 5.41) is 13.8. The Labute approximate surface area is 181 Å². The Morgan fingerprint density at radius 2 is 1.97 bits per heavy atom. The predicted molar refractivity (Wildman–Crippen MR) is 113 cm³/mol. The average molecular weight is 439 g/mol. The van der Waals surface area contributed by atoms with Crippen molar-refractivity contribution in [2.45, 2.75) is 13.2 Å². The molecule has 2 N–H and O–H groups in total. The molecule has 0 bridgehead atoms. The molecule has 0 unspecified atom stereocenters. The van der Waals surface area contributed by atoms with Gasteiger partial charge < -0.3 is 14.8 Å². The summed E-state index contributed by atoms with van der Waals surface area (Å²) in [5.74, 6) is 0.417. The van der Waals surface area contributed by atoms with Crippen LogP contribution >= 0.6 is 0 Å². The number of aromatic nitrogens is 4. The second kappa shape index (κ2) is 9.29. The first-order valence-electron chi connectivity index (χ1n) is 9.57. The van der Waals surface area contributed by atoms with Gasteiger partial charge in [-0.15, -0.1) is 0 Å². The fourth-order valence-corrected chi connectivity index (χ4v) is 3.06. The normalized spacial score (nSPS) is 10.9. The summed E-state index contributed by atoms with van der Waals surface area (Å²) >= 11 is 0. The van der Waals surface area contributed by atoms with Crippen molar-refractivity contribution in [1.29, 1.82) is 0 Å². The van der Waals surface area contributed by atoms with Crippen molar-refractivity contribution in [1.82, 2.24) is 20.0 Å². The summed E-state index contributed by atoms with van der Waals surface area (Å²) in [7, 11) is 1.61. The third kappa shape index (κ3) is 5.09. The number of carbonyl (C=O) groups is 1. The maximum atomic E-state index is 12.5. The van der Waals surface area contributed by atoms with Gasteiger partial charge in [-0.25, -0.2) is 0 Å². The van der Waals surface area contributed by atoms with Crippen LogP contribution in [0.15, 0.2) is 67.0 Å². The summed E-state index contributed by atoms with van der Waals surface area (Å²) in [5.41, 5.74) is 2.92. The molecule has 0 fully saturated rings. The maximum Gasteiger partial charge on any atom is 0.387 e. The summed E-state index contributed by atoms with van der Waals surface area (Å²) < 4.78 is 35.8. The van der Waals surface area contributed by atoms with Crippen LogP contribution in [0.25, 0.3) is 11.3 Å². The molecule has 0 spiro atoms. The van der Waals surface area contributed by atoms with Crippen LogP contribution in [0.5, 0.6) is 11.5 Å². The predicted octanol–water partition coefficient (Wildman–Crippen LogP) is 4.18. The van der Waals surface area contributed by atoms with Crippen molar-refractivity contribution in [2.75, 3.05) is 12.4 Å². The number of hydrogen-bond donors (Lipinski definition) is 2. The minimum absolute atomic E-state index is 0.0446. The SMILES string of the molecule is COc1cccc(Cn2cc(NC(=O)c3cc(-c4ccc(OC(F)F)cc4)n[nH]3)cn2)c1. The molecular weight excluding hydrogens is 420 g/mol. The number of nitrogens with one attached hydrogen (secondary N) is 2. The van der Waals surface area contributed by atoms with E-state index < -0.39 is 6.61 Å². The number of ether oxygens (including phenoxy) is 2. The number of carbonyl (C=O) groups excluding carboxylic acids is 1. The van der Waals surface area contributed by atoms with Gasteiger partial charge in [0.2, 0.25) is 0 Å². The van der Waals surface area contributed by atoms with Gasteiger partial charge in [-0.2, -0.15) is 19.0 Å². The molecule has 10 heteroatoms. The van der Waals surface area contributed by atoms with Crippen LogP contribution in [-0.2, 0) is 6.54 Å². The van der Waals surface area contributed by atoms with E-state index in [1.807, 2.05) is 24.3 Å². The zero-order valence-electron chi connectivity index (χ0n) is 17.0. The molecule has 164 valence electrons. The van der Waals surface area contributed by atoms with E-state index in [0.29, 0.717) is 23.5 Å². The number of benzene rings is 2. The lowest BCUT2D eigenvalue weighted by molar-refractivity contribution is -0.0498. The Kier molecular flexibility index (Phi) is 6.11. The molecule has 2 aromatic carbocycles. The smallest absolute Gasteiger partial charge is 0.387 e. The zero-order valence-corrected chi connectivity index (χ0v) is 17.0. The molecule has 0 radical (unpaired) electrons. The average Bonchev–Trinajstić information content (AvgIpc) is 3.44. The second-order valence-electron chi connectivity index (χ2n) is 6.80. The molecule has 0 aliphatic carbocycles. The van der Waals surface area contributed by atoms with Gasteiger partial charge >= 0.3 is 6.61 Å². The summed E-state index contributed by atoms with van der Waals surface area (Å²) in [6.45, 7) is -2.37. The van der Waals surface area contributed by atoms with Crippen molar-refractivity contribution in [3.63, 3.8) is 0 Å². The van der Waals surface area contributed by atoms with Crippen molar-refractivity contribution in [3.05, 3.63) is 78.2 Å². The Balaban J connectivity index is 1.39. The first kappa shape index (κ1) is 21.0. The van der Waals surface area contributed by atoms with Crippen LogP contribution in [0.3, 0.4) is 0 Å². The van der Waals surface area contributed by atoms with E-state index in [1.54, 1.807) is 42.4 Å². The number of methoxy groups -OCH3 is 1. The monoisotopic (exact) mass is 439 g/mol. The Bertz CT molecular complexity index is 1200. The Morgan fingerprint density at radius 3 is 2.72 bits per heavy atom. The highest BCUT2D eigenvalue weighted by molar-refractivity contribution is 6.03. The van der Waals surface area contributed by atoms with Gasteiger partial charge in [0, 0.05) is 11.8 Å². The van der Waals surface area contributed by atoms with E-state index >= 15 is 0 Å². The van der Waals surface area contributed by atoms with Crippen LogP contribution in [0, 0.1) is 0 Å². The largest absolute Gasteiger partial charge is 0.497 e. The van der Waals surface area contributed by atoms with Crippen molar-refractivity contribution in [2.24, 2.45) is 0 Å². The number of nitrogens with zero attached hydrogens (tertiary/aromatic N) is 3. The maximum absolute atomic E-state index is 12.5. The molecule has 8 nitrogen and oxygen atoms in total. The summed E-state index contributed by atoms with van der Waals surface area (Å²) in [6, 6.07) is 15.2. The molecule has 0 atom stereocenters. The van der Waals surface area contributed by atoms with Crippen LogP contribution in [0.2, 0.25) is 0 Å². The van der Waals surface area contributed by atoms with Gasteiger partial charge in [0.05, 0.1) is 31.2 Å². The number of amides is 1. The fraction of sp³-hybridized carbons (Fsp3) is 0.136. The van der Waals surface area contributed by atoms with Crippen molar-refractivity contribution < 1.29 is 23.0 Å². The third-order valence-electron chi connectivity index (χ3n) is 4.57. The molecule has 32 heavy (non-hydrogen) atoms. The van der Waals surface area contributed by atoms with E-state index in [1.165, 1.54) is 12.1 Å². The van der Waals surface area contributed by atoms with Gasteiger partial charge in [0.25, 0.3) is 5.91 Å². The van der Waals surface area contributed by atoms with Crippen LogP contribution in [0.4, 0.5) is 14.5 Å². The topological polar surface area (TPSA) is 94.1 Å². The van der Waals surface area contributed by atoms with E-state index in [2.05, 4.69) is 25.3 Å². The lowest BCUT2D eigenvalue weighted by atomic mass is 10.1. The van der Waals surface area contributed by atoms with Crippen LogP contribution in [-0.4, -0.2) is 39.6 Å². The van der Waals surface area contributed by atoms with Crippen LogP contribution in [0.1, 0.15) is 16.1 Å². The fourth-order valence-electron chi connectivity index (χ4n) is 3.06. The Hall–Kier alpha value is -4.21. The molecule has 0 saturated carbocycles. The molecule has 4 aromatic rings. The van der Waals surface area contributed by atoms with Crippen LogP contribution < -0.4 is 14.8 Å². The number of rotatable bonds is 8. The van der Waals surface area contributed by atoms with Crippen molar-refractivity contribution in [3.8, 4) is 22.8 Å². The van der Waals surface area contributed by atoms with Gasteiger partial charge in [0.15, 0.2) is 0 Å². The van der Waals surface area contributed by atoms with Crippen molar-refractivity contribution >= 4 is 11.6 Å². The molecular formula is C22H19F2N5O3. The summed E-state index contributed by atoms with van der Waals surface area (Å²) in [6.07, 6.45) is 3.27. The van der Waals surface area contributed by atoms with E-state index in [-0.39, 0.29) is 17.4 Å². The standard InChI is InChI=1S/C22H19F2N5O3/c1-31-18-4-2-3-14(9-18)12-29-13-16(11-25-29)26-21(30)20-10-19(27-28-20)15-5-7-17(8-6-15)32-22(23)24/h2-11,13,22H,12H2,1H3,(H,26,30)(H,27,28). The number of halogens is 2. The first-order chi connectivity index (χ1) is 15.5. The number of alkyl halides is 2. The highest BCUT2D eigenvalue weighted by Gasteiger charge is 2.13. The van der Waals surface area contributed by atoms with E-state index in [4.69, 9.17) is 4.74 Å². The molecule has 1 amide bonds. The highest BCUT2D eigenvalue weighted by Crippen LogP contribution is 2.23. The second-order valence-corrected chi connectivity index (χ2v) is 6.80. The number of H-pyrrole nitrogens is 1. The van der Waals surface area contributed by atoms with Gasteiger partial charge in [-0.3, -0.25) is 14.6 Å². The highest BCUT2D eigenvalue weighted by atomic mass is 19.3. The third-order valence-corrected chi connectivity index (χ3v) is 4.57. The van der Waals surface area contributed by atoms with Gasteiger partial charge in [0.1, 0.15) is 17.2 Å². The number of anilines is 1. The quantitative estimate of drug-likeness (QED) is 0.430. The molecule has 2 aromatic heterocycles. The van der Waals surface area contributed by atoms with E-state index in [9.17, 15) is 13.6 Å². The lowest BCUT2D eigenvalue weighted by Gasteiger charge is -2.04. The van der Waals surface area contributed by atoms with E-state index in [0.717, 1.165) is 11.3 Å². The number of aromatic amines is 1. The minimum Gasteiger partial charge on any atom is -0.497 e. The Morgan fingerprint density at radius 1 is 1.16 bits per heavy atom. The molecule has 2 heterocycles.